The number of rotatable bonds is 9. The standard InChI is InChI=1S/C22H36N6O3.H2/c1-7-8-16-11-28(14-22(16,3)4)19(23)9-18(20(29)25-15(2)13-31-6)21(30)26-17-10-24-27(5)12-17;/h9-10,12,15-16,23H,7-8,11,13-14H2,1-6H3,(H,25,29)(H,26,30);1H/b18-9-,23-19?;/t15-,16+;/m0./s1. The highest BCUT2D eigenvalue weighted by Crippen LogP contribution is 2.38. The zero-order valence-electron chi connectivity index (χ0n) is 19.5. The van der Waals surface area contributed by atoms with Crippen LogP contribution >= 0.6 is 0 Å². The number of amides is 2. The predicted octanol–water partition coefficient (Wildman–Crippen LogP) is 2.42. The van der Waals surface area contributed by atoms with Gasteiger partial charge in [0.15, 0.2) is 0 Å². The number of nitrogens with zero attached hydrogens (tertiary/aromatic N) is 3. The first-order chi connectivity index (χ1) is 14.6. The van der Waals surface area contributed by atoms with Crippen LogP contribution in [-0.4, -0.2) is 65.2 Å². The summed E-state index contributed by atoms with van der Waals surface area (Å²) in [6.07, 6.45) is 6.69. The molecule has 1 aliphatic rings. The largest absolute Gasteiger partial charge is 0.383 e. The lowest BCUT2D eigenvalue weighted by Crippen LogP contribution is -2.40. The molecule has 0 aliphatic carbocycles. The summed E-state index contributed by atoms with van der Waals surface area (Å²) in [6.45, 7) is 10.2. The van der Waals surface area contributed by atoms with Crippen LogP contribution in [0.15, 0.2) is 24.0 Å². The zero-order valence-corrected chi connectivity index (χ0v) is 19.5. The molecular weight excluding hydrogens is 396 g/mol. The van der Waals surface area contributed by atoms with E-state index in [2.05, 4.69) is 36.5 Å². The van der Waals surface area contributed by atoms with Crippen LogP contribution in [0.1, 0.15) is 42.0 Å². The molecule has 1 aromatic rings. The van der Waals surface area contributed by atoms with Crippen molar-refractivity contribution in [1.29, 1.82) is 5.41 Å². The minimum Gasteiger partial charge on any atom is -0.383 e. The zero-order chi connectivity index (χ0) is 23.2. The number of carbonyl (C=O) groups is 2. The highest BCUT2D eigenvalue weighted by molar-refractivity contribution is 6.25. The Bertz CT molecular complexity index is 835. The average molecular weight is 435 g/mol. The topological polar surface area (TPSA) is 112 Å². The fourth-order valence-corrected chi connectivity index (χ4v) is 3.95. The summed E-state index contributed by atoms with van der Waals surface area (Å²) in [6, 6.07) is -0.277. The lowest BCUT2D eigenvalue weighted by Gasteiger charge is -2.24. The van der Waals surface area contributed by atoms with Gasteiger partial charge in [0, 0.05) is 40.9 Å². The van der Waals surface area contributed by atoms with Crippen LogP contribution in [0, 0.1) is 16.7 Å². The Hall–Kier alpha value is -2.68. The molecule has 9 heteroatoms. The minimum atomic E-state index is -0.580. The summed E-state index contributed by atoms with van der Waals surface area (Å²) in [5.74, 6) is -0.491. The highest BCUT2D eigenvalue weighted by Gasteiger charge is 2.39. The van der Waals surface area contributed by atoms with E-state index in [4.69, 9.17) is 10.1 Å². The summed E-state index contributed by atoms with van der Waals surface area (Å²) < 4.78 is 6.62. The van der Waals surface area contributed by atoms with Crippen LogP contribution in [0.2, 0.25) is 0 Å². The first kappa shape index (κ1) is 24.6. The van der Waals surface area contributed by atoms with Crippen molar-refractivity contribution in [2.24, 2.45) is 18.4 Å². The number of amidine groups is 1. The molecule has 2 rings (SSSR count). The van der Waals surface area contributed by atoms with E-state index in [9.17, 15) is 9.59 Å². The van der Waals surface area contributed by atoms with Gasteiger partial charge in [-0.05, 0) is 30.8 Å². The Morgan fingerprint density at radius 3 is 2.74 bits per heavy atom. The maximum atomic E-state index is 12.9. The molecule has 1 aliphatic heterocycles. The number of aryl methyl sites for hydroxylation is 1. The van der Waals surface area contributed by atoms with Crippen molar-refractivity contribution in [3.8, 4) is 0 Å². The fraction of sp³-hybridized carbons (Fsp3) is 0.636. The van der Waals surface area contributed by atoms with Gasteiger partial charge in [-0.25, -0.2) is 0 Å². The van der Waals surface area contributed by atoms with E-state index >= 15 is 0 Å². The Morgan fingerprint density at radius 1 is 1.45 bits per heavy atom. The van der Waals surface area contributed by atoms with Gasteiger partial charge in [0.2, 0.25) is 0 Å². The van der Waals surface area contributed by atoms with Gasteiger partial charge in [0.25, 0.3) is 11.8 Å². The Labute approximate surface area is 186 Å². The quantitative estimate of drug-likeness (QED) is 0.182. The van der Waals surface area contributed by atoms with Gasteiger partial charge < -0.3 is 20.3 Å². The molecule has 1 aromatic heterocycles. The van der Waals surface area contributed by atoms with Gasteiger partial charge in [-0.1, -0.05) is 27.2 Å². The van der Waals surface area contributed by atoms with E-state index in [0.29, 0.717) is 24.8 Å². The van der Waals surface area contributed by atoms with Crippen molar-refractivity contribution in [3.63, 3.8) is 0 Å². The number of anilines is 1. The number of ether oxygens (including phenoxy) is 1. The molecule has 1 saturated heterocycles. The van der Waals surface area contributed by atoms with E-state index in [0.717, 1.165) is 19.4 Å². The van der Waals surface area contributed by atoms with E-state index in [1.807, 2.05) is 4.90 Å². The third kappa shape index (κ3) is 6.65. The Morgan fingerprint density at radius 2 is 2.16 bits per heavy atom. The second-order valence-corrected chi connectivity index (χ2v) is 8.98. The molecule has 0 bridgehead atoms. The summed E-state index contributed by atoms with van der Waals surface area (Å²) in [5, 5.41) is 18.1. The summed E-state index contributed by atoms with van der Waals surface area (Å²) in [7, 11) is 3.29. The third-order valence-corrected chi connectivity index (χ3v) is 5.65. The number of hydrogen-bond donors (Lipinski definition) is 3. The first-order valence-corrected chi connectivity index (χ1v) is 10.7. The van der Waals surface area contributed by atoms with Gasteiger partial charge in [0.05, 0.1) is 18.5 Å². The van der Waals surface area contributed by atoms with Crippen molar-refractivity contribution >= 4 is 23.3 Å². The van der Waals surface area contributed by atoms with Gasteiger partial charge in [-0.3, -0.25) is 19.7 Å². The molecule has 0 aromatic carbocycles. The Balaban J connectivity index is 0.00000512. The normalized spacial score (nSPS) is 19.2. The maximum Gasteiger partial charge on any atom is 0.261 e. The molecule has 2 heterocycles. The molecular formula is C22H38N6O3. The van der Waals surface area contributed by atoms with Gasteiger partial charge in [-0.15, -0.1) is 0 Å². The molecule has 3 N–H and O–H groups in total. The van der Waals surface area contributed by atoms with Gasteiger partial charge in [0.1, 0.15) is 11.4 Å². The molecule has 0 unspecified atom stereocenters. The molecule has 2 amide bonds. The van der Waals surface area contributed by atoms with Crippen molar-refractivity contribution < 1.29 is 15.8 Å². The number of methoxy groups -OCH3 is 1. The number of carbonyl (C=O) groups excluding carboxylic acids is 2. The van der Waals surface area contributed by atoms with Crippen LogP contribution in [0.5, 0.6) is 0 Å². The summed E-state index contributed by atoms with van der Waals surface area (Å²) in [5.41, 5.74) is 0.435. The monoisotopic (exact) mass is 434 g/mol. The second-order valence-electron chi connectivity index (χ2n) is 8.98. The number of likely N-dealkylation sites (tertiary alicyclic amines) is 1. The van der Waals surface area contributed by atoms with Crippen molar-refractivity contribution in [1.82, 2.24) is 20.0 Å². The van der Waals surface area contributed by atoms with Crippen molar-refractivity contribution in [3.05, 3.63) is 24.0 Å². The molecule has 31 heavy (non-hydrogen) atoms. The molecule has 0 radical (unpaired) electrons. The van der Waals surface area contributed by atoms with E-state index in [1.165, 1.54) is 12.3 Å². The molecule has 0 spiro atoms. The number of nitrogens with one attached hydrogen (secondary N) is 3. The molecule has 0 saturated carbocycles. The third-order valence-electron chi connectivity index (χ3n) is 5.65. The van der Waals surface area contributed by atoms with Crippen LogP contribution in [0.3, 0.4) is 0 Å². The molecule has 1 fully saturated rings. The summed E-state index contributed by atoms with van der Waals surface area (Å²) >= 11 is 0. The molecule has 9 nitrogen and oxygen atoms in total. The Kier molecular flexibility index (Phi) is 8.38. The van der Waals surface area contributed by atoms with Crippen LogP contribution in [0.25, 0.3) is 0 Å². The van der Waals surface area contributed by atoms with E-state index in [-0.39, 0.29) is 24.3 Å². The van der Waals surface area contributed by atoms with E-state index in [1.54, 1.807) is 32.0 Å². The van der Waals surface area contributed by atoms with Crippen LogP contribution in [0.4, 0.5) is 5.69 Å². The molecule has 174 valence electrons. The van der Waals surface area contributed by atoms with Gasteiger partial charge >= 0.3 is 0 Å². The maximum absolute atomic E-state index is 12.9. The average Bonchev–Trinajstić information content (AvgIpc) is 3.22. The van der Waals surface area contributed by atoms with Crippen molar-refractivity contribution in [2.75, 3.05) is 32.1 Å². The lowest BCUT2D eigenvalue weighted by atomic mass is 9.80. The number of hydrogen-bond acceptors (Lipinski definition) is 5. The van der Waals surface area contributed by atoms with Crippen LogP contribution in [-0.2, 0) is 21.4 Å². The minimum absolute atomic E-state index is 0. The summed E-state index contributed by atoms with van der Waals surface area (Å²) in [4.78, 5) is 27.7. The first-order valence-electron chi connectivity index (χ1n) is 10.7. The smallest absolute Gasteiger partial charge is 0.261 e. The fourth-order valence-electron chi connectivity index (χ4n) is 3.95. The lowest BCUT2D eigenvalue weighted by molar-refractivity contribution is -0.122. The predicted molar refractivity (Wildman–Crippen MR) is 123 cm³/mol. The van der Waals surface area contributed by atoms with Crippen LogP contribution < -0.4 is 10.6 Å². The number of aromatic nitrogens is 2. The van der Waals surface area contributed by atoms with E-state index < -0.39 is 11.8 Å². The van der Waals surface area contributed by atoms with Gasteiger partial charge in [-0.2, -0.15) is 5.10 Å². The molecule has 2 atom stereocenters. The SMILES string of the molecule is CCC[C@@H]1CN(C(=N)/C=C(\C(=O)Nc2cnn(C)c2)C(=O)N[C@@H](C)COC)CC1(C)C.[HH]. The van der Waals surface area contributed by atoms with Crippen molar-refractivity contribution in [2.45, 2.75) is 46.6 Å². The second kappa shape index (κ2) is 10.6. The highest BCUT2D eigenvalue weighted by atomic mass is 16.5.